The zero-order valence-electron chi connectivity index (χ0n) is 35.7. The van der Waals surface area contributed by atoms with Crippen molar-refractivity contribution in [1.29, 1.82) is 0 Å². The molecule has 64 heavy (non-hydrogen) atoms. The van der Waals surface area contributed by atoms with Crippen LogP contribution in [0.15, 0.2) is 224 Å². The summed E-state index contributed by atoms with van der Waals surface area (Å²) in [5.74, 6) is 0.684. The van der Waals surface area contributed by atoms with E-state index in [0.29, 0.717) is 5.82 Å². The maximum absolute atomic E-state index is 5.27. The van der Waals surface area contributed by atoms with Gasteiger partial charge in [0.1, 0.15) is 0 Å². The Kier molecular flexibility index (Phi) is 8.84. The fourth-order valence-corrected chi connectivity index (χ4v) is 10.0. The second-order valence-corrected chi connectivity index (χ2v) is 17.4. The molecule has 0 amide bonds. The largest absolute Gasteiger partial charge is 0.309 e. The molecule has 11 aromatic rings. The van der Waals surface area contributed by atoms with Gasteiger partial charge in [0.05, 0.1) is 22.4 Å². The number of aromatic nitrogens is 3. The van der Waals surface area contributed by atoms with Crippen LogP contribution in [0.4, 0.5) is 0 Å². The van der Waals surface area contributed by atoms with Gasteiger partial charge in [0.15, 0.2) is 5.82 Å². The first-order valence-electron chi connectivity index (χ1n) is 22.1. The van der Waals surface area contributed by atoms with Gasteiger partial charge in [-0.25, -0.2) is 9.97 Å². The molecule has 12 rings (SSSR count). The van der Waals surface area contributed by atoms with Gasteiger partial charge in [0.2, 0.25) is 0 Å². The standard InChI is InChI=1S/C61H43N3/c1-61(2)53-28-16-15-26-51(53)59-49(27-17-29-54(59)61)44-31-33-57-52(37-44)50-32-30-45(60-62-55(42-22-11-5-12-23-42)39-56(63-60)43-24-13-6-14-25-43)38-58(50)64(57)48-35-46(40-18-7-3-8-19-40)34-47(36-48)41-20-9-4-10-21-41/h3-39H,1-2H3. The van der Waals surface area contributed by atoms with Gasteiger partial charge in [-0.3, -0.25) is 0 Å². The lowest BCUT2D eigenvalue weighted by molar-refractivity contribution is 0.660. The molecule has 302 valence electrons. The highest BCUT2D eigenvalue weighted by Gasteiger charge is 2.36. The highest BCUT2D eigenvalue weighted by atomic mass is 15.0. The first kappa shape index (κ1) is 37.6. The molecular weight excluding hydrogens is 775 g/mol. The zero-order valence-corrected chi connectivity index (χ0v) is 35.7. The van der Waals surface area contributed by atoms with E-state index >= 15 is 0 Å². The summed E-state index contributed by atoms with van der Waals surface area (Å²) in [6, 6.07) is 80.9. The molecule has 0 saturated carbocycles. The van der Waals surface area contributed by atoms with E-state index in [1.807, 2.05) is 12.1 Å². The molecule has 2 heterocycles. The molecule has 1 aliphatic carbocycles. The minimum absolute atomic E-state index is 0.0844. The quantitative estimate of drug-likeness (QED) is 0.160. The van der Waals surface area contributed by atoms with E-state index in [1.165, 1.54) is 55.3 Å². The topological polar surface area (TPSA) is 30.7 Å². The van der Waals surface area contributed by atoms with Gasteiger partial charge >= 0.3 is 0 Å². The smallest absolute Gasteiger partial charge is 0.160 e. The van der Waals surface area contributed by atoms with Crippen molar-refractivity contribution < 1.29 is 0 Å². The van der Waals surface area contributed by atoms with Crippen molar-refractivity contribution in [2.45, 2.75) is 19.3 Å². The molecule has 0 N–H and O–H groups in total. The number of hydrogen-bond donors (Lipinski definition) is 0. The number of fused-ring (bicyclic) bond motifs is 6. The predicted molar refractivity (Wildman–Crippen MR) is 267 cm³/mol. The average Bonchev–Trinajstić information content (AvgIpc) is 3.82. The Labute approximate surface area is 373 Å². The highest BCUT2D eigenvalue weighted by Crippen LogP contribution is 2.52. The summed E-state index contributed by atoms with van der Waals surface area (Å²) in [5, 5.41) is 2.36. The zero-order chi connectivity index (χ0) is 42.8. The molecule has 0 spiro atoms. The SMILES string of the molecule is CC1(C)c2ccccc2-c2c(-c3ccc4c(c3)c3ccc(-c5nc(-c6ccccc6)cc(-c6ccccc6)n5)cc3n4-c3cc(-c4ccccc4)cc(-c4ccccc4)c3)cccc21. The van der Waals surface area contributed by atoms with E-state index in [2.05, 4.69) is 231 Å². The molecule has 9 aromatic carbocycles. The number of benzene rings is 9. The molecule has 0 unspecified atom stereocenters. The minimum atomic E-state index is -0.0844. The van der Waals surface area contributed by atoms with Gasteiger partial charge in [-0.15, -0.1) is 0 Å². The monoisotopic (exact) mass is 817 g/mol. The summed E-state index contributed by atoms with van der Waals surface area (Å²) in [6.45, 7) is 4.70. The first-order chi connectivity index (χ1) is 31.5. The van der Waals surface area contributed by atoms with E-state index in [-0.39, 0.29) is 5.41 Å². The molecule has 3 nitrogen and oxygen atoms in total. The lowest BCUT2D eigenvalue weighted by Gasteiger charge is -2.21. The van der Waals surface area contributed by atoms with Crippen LogP contribution in [0.25, 0.3) is 106 Å². The first-order valence-corrected chi connectivity index (χ1v) is 22.1. The summed E-state index contributed by atoms with van der Waals surface area (Å²) < 4.78 is 2.45. The number of hydrogen-bond acceptors (Lipinski definition) is 2. The van der Waals surface area contributed by atoms with E-state index in [0.717, 1.165) is 55.9 Å². The predicted octanol–water partition coefficient (Wildman–Crippen LogP) is 15.9. The van der Waals surface area contributed by atoms with Crippen molar-refractivity contribution in [3.63, 3.8) is 0 Å². The summed E-state index contributed by atoms with van der Waals surface area (Å²) in [7, 11) is 0. The third-order valence-corrected chi connectivity index (χ3v) is 13.2. The second-order valence-electron chi connectivity index (χ2n) is 17.4. The van der Waals surface area contributed by atoms with Gasteiger partial charge < -0.3 is 4.57 Å². The molecule has 0 saturated heterocycles. The third-order valence-electron chi connectivity index (χ3n) is 13.2. The summed E-state index contributed by atoms with van der Waals surface area (Å²) in [6.07, 6.45) is 0. The second kappa shape index (κ2) is 15.0. The number of nitrogens with zero attached hydrogens (tertiary/aromatic N) is 3. The van der Waals surface area contributed by atoms with Crippen LogP contribution in [0.3, 0.4) is 0 Å². The van der Waals surface area contributed by atoms with Crippen LogP contribution in [0.1, 0.15) is 25.0 Å². The van der Waals surface area contributed by atoms with Crippen molar-refractivity contribution >= 4 is 21.8 Å². The Balaban J connectivity index is 1.12. The number of rotatable bonds is 7. The Hall–Kier alpha value is -8.14. The Morgan fingerprint density at radius 1 is 0.344 bits per heavy atom. The van der Waals surface area contributed by atoms with Gasteiger partial charge in [-0.1, -0.05) is 196 Å². The molecule has 0 aliphatic heterocycles. The van der Waals surface area contributed by atoms with Crippen LogP contribution in [0.2, 0.25) is 0 Å². The highest BCUT2D eigenvalue weighted by molar-refractivity contribution is 6.12. The van der Waals surface area contributed by atoms with E-state index in [9.17, 15) is 0 Å². The lowest BCUT2D eigenvalue weighted by Crippen LogP contribution is -2.14. The van der Waals surface area contributed by atoms with Crippen LogP contribution in [-0.2, 0) is 5.41 Å². The molecule has 0 fully saturated rings. The molecular formula is C61H43N3. The van der Waals surface area contributed by atoms with Crippen molar-refractivity contribution in [1.82, 2.24) is 14.5 Å². The molecule has 1 aliphatic rings. The summed E-state index contributed by atoms with van der Waals surface area (Å²) >= 11 is 0. The van der Waals surface area contributed by atoms with Gasteiger partial charge in [-0.05, 0) is 98.1 Å². The molecule has 0 radical (unpaired) electrons. The lowest BCUT2D eigenvalue weighted by atomic mass is 9.82. The van der Waals surface area contributed by atoms with Gasteiger partial charge in [0, 0.05) is 38.6 Å². The van der Waals surface area contributed by atoms with Crippen LogP contribution in [0, 0.1) is 0 Å². The summed E-state index contributed by atoms with van der Waals surface area (Å²) in [5.41, 5.74) is 20.6. The van der Waals surface area contributed by atoms with Crippen molar-refractivity contribution in [3.05, 3.63) is 236 Å². The fraction of sp³-hybridized carbons (Fsp3) is 0.0492. The van der Waals surface area contributed by atoms with Crippen LogP contribution in [-0.4, -0.2) is 14.5 Å². The van der Waals surface area contributed by atoms with Crippen molar-refractivity contribution in [2.75, 3.05) is 0 Å². The third kappa shape index (κ3) is 6.28. The van der Waals surface area contributed by atoms with Crippen molar-refractivity contribution in [3.8, 4) is 84.1 Å². The van der Waals surface area contributed by atoms with Gasteiger partial charge in [0.25, 0.3) is 0 Å². The average molecular weight is 818 g/mol. The van der Waals surface area contributed by atoms with Crippen LogP contribution >= 0.6 is 0 Å². The molecule has 0 bridgehead atoms. The maximum Gasteiger partial charge on any atom is 0.160 e. The molecule has 2 aromatic heterocycles. The Morgan fingerprint density at radius 2 is 0.875 bits per heavy atom. The maximum atomic E-state index is 5.27. The van der Waals surface area contributed by atoms with E-state index in [4.69, 9.17) is 9.97 Å². The van der Waals surface area contributed by atoms with Gasteiger partial charge in [-0.2, -0.15) is 0 Å². The molecule has 3 heteroatoms. The van der Waals surface area contributed by atoms with E-state index < -0.39 is 0 Å². The summed E-state index contributed by atoms with van der Waals surface area (Å²) in [4.78, 5) is 10.5. The fourth-order valence-electron chi connectivity index (χ4n) is 10.0. The van der Waals surface area contributed by atoms with Crippen molar-refractivity contribution in [2.24, 2.45) is 0 Å². The normalized spacial score (nSPS) is 12.7. The minimum Gasteiger partial charge on any atom is -0.309 e. The Bertz CT molecular complexity index is 3440. The molecule has 0 atom stereocenters. The van der Waals surface area contributed by atoms with Crippen LogP contribution in [0.5, 0.6) is 0 Å². The van der Waals surface area contributed by atoms with Crippen LogP contribution < -0.4 is 0 Å². The Morgan fingerprint density at radius 3 is 1.50 bits per heavy atom. The van der Waals surface area contributed by atoms with E-state index in [1.54, 1.807) is 0 Å².